The van der Waals surface area contributed by atoms with E-state index in [1.807, 2.05) is 47.9 Å². The minimum atomic E-state index is 0.848. The lowest BCUT2D eigenvalue weighted by Crippen LogP contribution is -1.89. The van der Waals surface area contributed by atoms with E-state index in [-0.39, 0.29) is 0 Å². The lowest BCUT2D eigenvalue weighted by molar-refractivity contribution is 1.05. The molecule has 3 aromatic rings. The van der Waals surface area contributed by atoms with Crippen LogP contribution < -0.4 is 0 Å². The third-order valence-corrected chi connectivity index (χ3v) is 3.38. The predicted molar refractivity (Wildman–Crippen MR) is 70.9 cm³/mol. The summed E-state index contributed by atoms with van der Waals surface area (Å²) in [6.45, 7) is 1.97. The molecule has 0 amide bonds. The van der Waals surface area contributed by atoms with Gasteiger partial charge in [-0.25, -0.2) is 4.98 Å². The van der Waals surface area contributed by atoms with E-state index in [0.29, 0.717) is 0 Å². The second kappa shape index (κ2) is 3.96. The van der Waals surface area contributed by atoms with Crippen molar-refractivity contribution in [1.82, 2.24) is 14.4 Å². The van der Waals surface area contributed by atoms with Crippen molar-refractivity contribution in [1.29, 1.82) is 0 Å². The number of halogens is 1. The zero-order chi connectivity index (χ0) is 11.8. The molecule has 17 heavy (non-hydrogen) atoms. The van der Waals surface area contributed by atoms with Gasteiger partial charge in [0, 0.05) is 11.8 Å². The maximum Gasteiger partial charge on any atom is 0.156 e. The Balaban J connectivity index is 2.28. The fourth-order valence-corrected chi connectivity index (χ4v) is 2.40. The number of hydrogen-bond acceptors (Lipinski definition) is 2. The van der Waals surface area contributed by atoms with Gasteiger partial charge in [0.2, 0.25) is 0 Å². The van der Waals surface area contributed by atoms with Crippen LogP contribution in [0, 0.1) is 6.92 Å². The first-order valence-corrected chi connectivity index (χ1v) is 6.10. The van der Waals surface area contributed by atoms with E-state index in [1.165, 1.54) is 0 Å². The normalized spacial score (nSPS) is 10.9. The first kappa shape index (κ1) is 10.5. The van der Waals surface area contributed by atoms with Crippen molar-refractivity contribution in [3.05, 3.63) is 53.0 Å². The van der Waals surface area contributed by atoms with Gasteiger partial charge in [-0.2, -0.15) is 0 Å². The number of aromatic nitrogens is 3. The molecule has 0 aliphatic rings. The Kier molecular flexibility index (Phi) is 2.44. The van der Waals surface area contributed by atoms with Crippen molar-refractivity contribution in [2.45, 2.75) is 6.92 Å². The Morgan fingerprint density at radius 3 is 2.71 bits per heavy atom. The lowest BCUT2D eigenvalue weighted by Gasteiger charge is -1.97. The molecule has 3 rings (SSSR count). The van der Waals surface area contributed by atoms with E-state index in [4.69, 9.17) is 0 Å². The maximum atomic E-state index is 4.58. The van der Waals surface area contributed by atoms with Gasteiger partial charge in [0.15, 0.2) is 5.65 Å². The molecular formula is C13H10BrN3. The monoisotopic (exact) mass is 287 g/mol. The molecular weight excluding hydrogens is 278 g/mol. The summed E-state index contributed by atoms with van der Waals surface area (Å²) in [4.78, 5) is 8.83. The van der Waals surface area contributed by atoms with Gasteiger partial charge in [-0.15, -0.1) is 0 Å². The van der Waals surface area contributed by atoms with Gasteiger partial charge in [-0.05, 0) is 22.9 Å². The molecule has 0 bridgehead atoms. The summed E-state index contributed by atoms with van der Waals surface area (Å²) in [6, 6.07) is 10.1. The first-order chi connectivity index (χ1) is 8.25. The van der Waals surface area contributed by atoms with Gasteiger partial charge < -0.3 is 0 Å². The highest BCUT2D eigenvalue weighted by molar-refractivity contribution is 9.10. The van der Waals surface area contributed by atoms with E-state index in [9.17, 15) is 0 Å². The molecule has 84 valence electrons. The van der Waals surface area contributed by atoms with E-state index >= 15 is 0 Å². The summed E-state index contributed by atoms with van der Waals surface area (Å²) in [7, 11) is 0. The van der Waals surface area contributed by atoms with Gasteiger partial charge in [0.1, 0.15) is 10.3 Å². The molecule has 0 unspecified atom stereocenters. The zero-order valence-electron chi connectivity index (χ0n) is 9.26. The molecule has 0 saturated heterocycles. The minimum absolute atomic E-state index is 0.848. The van der Waals surface area contributed by atoms with Crippen LogP contribution in [-0.4, -0.2) is 14.4 Å². The molecule has 0 radical (unpaired) electrons. The van der Waals surface area contributed by atoms with Crippen LogP contribution in [-0.2, 0) is 0 Å². The van der Waals surface area contributed by atoms with E-state index in [2.05, 4.69) is 25.9 Å². The van der Waals surface area contributed by atoms with Gasteiger partial charge in [-0.1, -0.05) is 30.3 Å². The predicted octanol–water partition coefficient (Wildman–Crippen LogP) is 3.47. The highest BCUT2D eigenvalue weighted by Crippen LogP contribution is 2.28. The molecule has 3 nitrogen and oxygen atoms in total. The highest BCUT2D eigenvalue weighted by atomic mass is 79.9. The molecule has 0 aliphatic heterocycles. The Labute approximate surface area is 107 Å². The Morgan fingerprint density at radius 1 is 1.18 bits per heavy atom. The minimum Gasteiger partial charge on any atom is -0.291 e. The Bertz CT molecular complexity index is 674. The maximum absolute atomic E-state index is 4.58. The fourth-order valence-electron chi connectivity index (χ4n) is 1.80. The zero-order valence-corrected chi connectivity index (χ0v) is 10.8. The molecule has 0 N–H and O–H groups in total. The van der Waals surface area contributed by atoms with Crippen LogP contribution in [0.3, 0.4) is 0 Å². The molecule has 0 spiro atoms. The summed E-state index contributed by atoms with van der Waals surface area (Å²) in [5.74, 6) is 0. The summed E-state index contributed by atoms with van der Waals surface area (Å²) in [5.41, 5.74) is 3.86. The summed E-state index contributed by atoms with van der Waals surface area (Å²) >= 11 is 3.60. The second-order valence-corrected chi connectivity index (χ2v) is 4.63. The largest absolute Gasteiger partial charge is 0.291 e. The molecule has 0 atom stereocenters. The SMILES string of the molecule is Cc1cn2c(Br)c(-c3ccccc3)nc2cn1. The smallest absolute Gasteiger partial charge is 0.156 e. The molecule has 0 aliphatic carbocycles. The van der Waals surface area contributed by atoms with Crippen molar-refractivity contribution >= 4 is 21.6 Å². The van der Waals surface area contributed by atoms with E-state index in [1.54, 1.807) is 6.20 Å². The Hall–Kier alpha value is -1.68. The Morgan fingerprint density at radius 2 is 1.94 bits per heavy atom. The molecule has 1 aromatic carbocycles. The van der Waals surface area contributed by atoms with Gasteiger partial charge in [0.25, 0.3) is 0 Å². The first-order valence-electron chi connectivity index (χ1n) is 5.31. The number of imidazole rings is 1. The van der Waals surface area contributed by atoms with Crippen molar-refractivity contribution in [2.75, 3.05) is 0 Å². The summed E-state index contributed by atoms with van der Waals surface area (Å²) in [6.07, 6.45) is 3.76. The lowest BCUT2D eigenvalue weighted by atomic mass is 10.2. The third kappa shape index (κ3) is 1.74. The van der Waals surface area contributed by atoms with Crippen LogP contribution in [0.1, 0.15) is 5.69 Å². The fraction of sp³-hybridized carbons (Fsp3) is 0.0769. The van der Waals surface area contributed by atoms with Crippen molar-refractivity contribution < 1.29 is 0 Å². The second-order valence-electron chi connectivity index (χ2n) is 3.87. The molecule has 0 saturated carbocycles. The summed E-state index contributed by atoms with van der Waals surface area (Å²) in [5, 5.41) is 0. The third-order valence-electron chi connectivity index (χ3n) is 2.63. The van der Waals surface area contributed by atoms with Crippen molar-refractivity contribution in [3.8, 4) is 11.3 Å². The van der Waals surface area contributed by atoms with E-state index in [0.717, 1.165) is 27.2 Å². The molecule has 2 heterocycles. The van der Waals surface area contributed by atoms with Crippen LogP contribution in [0.2, 0.25) is 0 Å². The number of benzene rings is 1. The standard InChI is InChI=1S/C13H10BrN3/c1-9-8-17-11(7-15-9)16-12(13(17)14)10-5-3-2-4-6-10/h2-8H,1H3. The van der Waals surface area contributed by atoms with Gasteiger partial charge in [0.05, 0.1) is 11.9 Å². The molecule has 4 heteroatoms. The molecule has 0 fully saturated rings. The van der Waals surface area contributed by atoms with Crippen molar-refractivity contribution in [2.24, 2.45) is 0 Å². The van der Waals surface area contributed by atoms with Crippen LogP contribution in [0.4, 0.5) is 0 Å². The van der Waals surface area contributed by atoms with Crippen LogP contribution in [0.15, 0.2) is 47.3 Å². The molecule has 2 aromatic heterocycles. The number of nitrogens with zero attached hydrogens (tertiary/aromatic N) is 3. The van der Waals surface area contributed by atoms with E-state index < -0.39 is 0 Å². The summed E-state index contributed by atoms with van der Waals surface area (Å²) < 4.78 is 2.97. The quantitative estimate of drug-likeness (QED) is 0.686. The van der Waals surface area contributed by atoms with Crippen LogP contribution in [0.25, 0.3) is 16.9 Å². The highest BCUT2D eigenvalue weighted by Gasteiger charge is 2.11. The average Bonchev–Trinajstić information content (AvgIpc) is 2.68. The average molecular weight is 288 g/mol. The van der Waals surface area contributed by atoms with Crippen LogP contribution >= 0.6 is 15.9 Å². The topological polar surface area (TPSA) is 30.2 Å². The number of aryl methyl sites for hydroxylation is 1. The van der Waals surface area contributed by atoms with Crippen LogP contribution in [0.5, 0.6) is 0 Å². The number of hydrogen-bond donors (Lipinski definition) is 0. The number of rotatable bonds is 1. The van der Waals surface area contributed by atoms with Crippen molar-refractivity contribution in [3.63, 3.8) is 0 Å². The number of fused-ring (bicyclic) bond motifs is 1. The van der Waals surface area contributed by atoms with Gasteiger partial charge >= 0.3 is 0 Å². The van der Waals surface area contributed by atoms with Gasteiger partial charge in [-0.3, -0.25) is 9.38 Å².